The van der Waals surface area contributed by atoms with Crippen molar-refractivity contribution in [2.45, 2.75) is 53.7 Å². The summed E-state index contributed by atoms with van der Waals surface area (Å²) in [5.41, 5.74) is 14.3. The van der Waals surface area contributed by atoms with Crippen molar-refractivity contribution >= 4 is 30.8 Å². The van der Waals surface area contributed by atoms with E-state index in [1.165, 1.54) is 5.56 Å². The fourth-order valence-electron chi connectivity index (χ4n) is 3.84. The number of esters is 1. The topological polar surface area (TPSA) is 65.2 Å². The molecule has 0 saturated heterocycles. The van der Waals surface area contributed by atoms with E-state index in [4.69, 9.17) is 15.5 Å². The maximum atomic E-state index is 12.8. The highest BCUT2D eigenvalue weighted by molar-refractivity contribution is 5.85. The van der Waals surface area contributed by atoms with Crippen LogP contribution in [0.2, 0.25) is 0 Å². The molecule has 1 heterocycles. The average molecular weight is 489 g/mol. The molecule has 0 radical (unpaired) electrons. The van der Waals surface area contributed by atoms with Crippen LogP contribution in [0.4, 0.5) is 0 Å². The molecule has 3 rings (SSSR count). The molecule has 0 aliphatic carbocycles. The largest absolute Gasteiger partial charge is 0.461 e. The van der Waals surface area contributed by atoms with Crippen molar-refractivity contribution in [1.29, 1.82) is 0 Å². The summed E-state index contributed by atoms with van der Waals surface area (Å²) in [5, 5.41) is 0. The van der Waals surface area contributed by atoms with Crippen LogP contribution in [0.25, 0.3) is 11.1 Å². The number of aromatic nitrogens is 1. The van der Waals surface area contributed by atoms with E-state index in [0.717, 1.165) is 45.6 Å². The molecule has 2 aromatic carbocycles. The summed E-state index contributed by atoms with van der Waals surface area (Å²) in [6, 6.07) is 18.1. The van der Waals surface area contributed by atoms with Gasteiger partial charge in [0.2, 0.25) is 0 Å². The zero-order valence-electron chi connectivity index (χ0n) is 19.8. The van der Waals surface area contributed by atoms with Crippen molar-refractivity contribution < 1.29 is 9.53 Å². The lowest BCUT2D eigenvalue weighted by atomic mass is 9.88. The molecule has 0 spiro atoms. The number of halogens is 2. The van der Waals surface area contributed by atoms with E-state index < -0.39 is 0 Å². The molecule has 1 aromatic heterocycles. The monoisotopic (exact) mass is 488 g/mol. The van der Waals surface area contributed by atoms with Gasteiger partial charge in [-0.1, -0.05) is 74.0 Å². The average Bonchev–Trinajstić information content (AvgIpc) is 2.75. The summed E-state index contributed by atoms with van der Waals surface area (Å²) in [6.45, 7) is 9.04. The Balaban J connectivity index is 0.00000272. The van der Waals surface area contributed by atoms with Gasteiger partial charge in [0.05, 0.1) is 6.42 Å². The van der Waals surface area contributed by atoms with Gasteiger partial charge in [-0.05, 0) is 54.0 Å². The molecule has 0 bridgehead atoms. The van der Waals surface area contributed by atoms with Gasteiger partial charge in [-0.25, -0.2) is 0 Å². The zero-order valence-corrected chi connectivity index (χ0v) is 21.4. The fourth-order valence-corrected chi connectivity index (χ4v) is 3.84. The first kappa shape index (κ1) is 28.6. The van der Waals surface area contributed by atoms with Crippen LogP contribution in [-0.4, -0.2) is 11.0 Å². The number of carbonyl (C=O) groups is 1. The van der Waals surface area contributed by atoms with Crippen molar-refractivity contribution in [3.8, 4) is 11.1 Å². The Kier molecular flexibility index (Phi) is 11.6. The van der Waals surface area contributed by atoms with Crippen LogP contribution in [0.5, 0.6) is 0 Å². The number of ether oxygens (including phenoxy) is 1. The smallest absolute Gasteiger partial charge is 0.310 e. The van der Waals surface area contributed by atoms with Gasteiger partial charge in [0.15, 0.2) is 0 Å². The lowest BCUT2D eigenvalue weighted by Gasteiger charge is -2.21. The number of hydrogen-bond acceptors (Lipinski definition) is 4. The molecule has 0 amide bonds. The van der Waals surface area contributed by atoms with Gasteiger partial charge in [0.25, 0.3) is 0 Å². The Bertz CT molecular complexity index is 1040. The van der Waals surface area contributed by atoms with E-state index in [1.807, 2.05) is 37.3 Å². The number of nitrogens with zero attached hydrogens (tertiary/aromatic N) is 1. The SMILES string of the molecule is Cc1ccc(-c2c(CC(=O)OCc3ccccc3)c(C)nc(CC(C)C)c2CN)cc1.Cl.Cl. The van der Waals surface area contributed by atoms with Crippen LogP contribution >= 0.6 is 24.8 Å². The Morgan fingerprint density at radius 2 is 1.61 bits per heavy atom. The van der Waals surface area contributed by atoms with E-state index in [2.05, 4.69) is 45.0 Å². The molecular formula is C27H34Cl2N2O2. The van der Waals surface area contributed by atoms with Gasteiger partial charge >= 0.3 is 5.97 Å². The lowest BCUT2D eigenvalue weighted by molar-refractivity contribution is -0.144. The third-order valence-electron chi connectivity index (χ3n) is 5.40. The van der Waals surface area contributed by atoms with Crippen LogP contribution in [0.3, 0.4) is 0 Å². The lowest BCUT2D eigenvalue weighted by Crippen LogP contribution is -2.16. The van der Waals surface area contributed by atoms with Crippen molar-refractivity contribution in [2.75, 3.05) is 0 Å². The zero-order chi connectivity index (χ0) is 22.4. The third kappa shape index (κ3) is 7.56. The highest BCUT2D eigenvalue weighted by atomic mass is 35.5. The summed E-state index contributed by atoms with van der Waals surface area (Å²) in [6.07, 6.45) is 1.02. The van der Waals surface area contributed by atoms with Gasteiger partial charge in [0, 0.05) is 17.9 Å². The second-order valence-corrected chi connectivity index (χ2v) is 8.47. The number of hydrogen-bond donors (Lipinski definition) is 1. The van der Waals surface area contributed by atoms with Gasteiger partial charge in [0.1, 0.15) is 6.61 Å². The Morgan fingerprint density at radius 3 is 2.18 bits per heavy atom. The van der Waals surface area contributed by atoms with E-state index >= 15 is 0 Å². The third-order valence-corrected chi connectivity index (χ3v) is 5.40. The molecule has 0 saturated carbocycles. The molecular weight excluding hydrogens is 455 g/mol. The first-order valence-corrected chi connectivity index (χ1v) is 10.9. The van der Waals surface area contributed by atoms with Gasteiger partial charge in [-0.2, -0.15) is 0 Å². The van der Waals surface area contributed by atoms with E-state index in [1.54, 1.807) is 0 Å². The minimum Gasteiger partial charge on any atom is -0.461 e. The van der Waals surface area contributed by atoms with Crippen LogP contribution in [0.15, 0.2) is 54.6 Å². The Morgan fingerprint density at radius 1 is 0.970 bits per heavy atom. The number of aryl methyl sites for hydroxylation is 2. The van der Waals surface area contributed by atoms with E-state index in [9.17, 15) is 4.79 Å². The minimum absolute atomic E-state index is 0. The van der Waals surface area contributed by atoms with Crippen molar-refractivity contribution in [1.82, 2.24) is 4.98 Å². The molecule has 178 valence electrons. The summed E-state index contributed by atoms with van der Waals surface area (Å²) < 4.78 is 5.57. The van der Waals surface area contributed by atoms with Crippen molar-refractivity contribution in [3.63, 3.8) is 0 Å². The predicted octanol–water partition coefficient (Wildman–Crippen LogP) is 6.15. The molecule has 0 aliphatic rings. The number of benzene rings is 2. The van der Waals surface area contributed by atoms with Crippen LogP contribution in [0, 0.1) is 19.8 Å². The Hall–Kier alpha value is -2.40. The molecule has 0 fully saturated rings. The number of carbonyl (C=O) groups excluding carboxylic acids is 1. The summed E-state index contributed by atoms with van der Waals surface area (Å²) in [7, 11) is 0. The molecule has 0 atom stereocenters. The van der Waals surface area contributed by atoms with Crippen molar-refractivity contribution in [2.24, 2.45) is 11.7 Å². The van der Waals surface area contributed by atoms with Crippen LogP contribution in [-0.2, 0) is 35.5 Å². The highest BCUT2D eigenvalue weighted by Gasteiger charge is 2.21. The first-order chi connectivity index (χ1) is 14.9. The van der Waals surface area contributed by atoms with E-state index in [-0.39, 0.29) is 43.8 Å². The van der Waals surface area contributed by atoms with Gasteiger partial charge in [-0.3, -0.25) is 9.78 Å². The minimum atomic E-state index is -0.262. The Labute approximate surface area is 209 Å². The maximum absolute atomic E-state index is 12.8. The van der Waals surface area contributed by atoms with Gasteiger partial charge < -0.3 is 10.5 Å². The maximum Gasteiger partial charge on any atom is 0.310 e. The number of pyridine rings is 1. The molecule has 0 aliphatic heterocycles. The molecule has 3 aromatic rings. The summed E-state index contributed by atoms with van der Waals surface area (Å²) >= 11 is 0. The summed E-state index contributed by atoms with van der Waals surface area (Å²) in [5.74, 6) is 0.200. The fraction of sp³-hybridized carbons (Fsp3) is 0.333. The standard InChI is InChI=1S/C27H32N2O2.2ClH/c1-18(2)14-25-24(16-28)27(22-12-10-19(3)11-13-22)23(20(4)29-25)15-26(30)31-17-21-8-6-5-7-9-21;;/h5-13,18H,14-17,28H2,1-4H3;2*1H. The van der Waals surface area contributed by atoms with Gasteiger partial charge in [-0.15, -0.1) is 24.8 Å². The second kappa shape index (κ2) is 13.3. The predicted molar refractivity (Wildman–Crippen MR) is 140 cm³/mol. The first-order valence-electron chi connectivity index (χ1n) is 10.9. The molecule has 2 N–H and O–H groups in total. The van der Waals surface area contributed by atoms with Crippen LogP contribution in [0.1, 0.15) is 47.5 Å². The quantitative estimate of drug-likeness (QED) is 0.386. The molecule has 4 nitrogen and oxygen atoms in total. The molecule has 0 unspecified atom stereocenters. The number of rotatable bonds is 8. The van der Waals surface area contributed by atoms with Crippen molar-refractivity contribution in [3.05, 3.63) is 88.2 Å². The molecule has 6 heteroatoms. The van der Waals surface area contributed by atoms with E-state index in [0.29, 0.717) is 12.5 Å². The second-order valence-electron chi connectivity index (χ2n) is 8.47. The number of nitrogens with two attached hydrogens (primary N) is 1. The summed E-state index contributed by atoms with van der Waals surface area (Å²) in [4.78, 5) is 17.6. The normalized spacial score (nSPS) is 10.4. The molecule has 33 heavy (non-hydrogen) atoms. The highest BCUT2D eigenvalue weighted by Crippen LogP contribution is 2.33. The van der Waals surface area contributed by atoms with Crippen LogP contribution < -0.4 is 5.73 Å².